The number of anilines is 1. The van der Waals surface area contributed by atoms with Gasteiger partial charge in [-0.2, -0.15) is 0 Å². The third kappa shape index (κ3) is 38.2. The molecule has 93 heavy (non-hydrogen) atoms. The van der Waals surface area contributed by atoms with E-state index in [0.717, 1.165) is 37.0 Å². The van der Waals surface area contributed by atoms with Gasteiger partial charge in [-0.05, 0) is 103 Å². The number of hydrogen-bond donors (Lipinski definition) is 6. The summed E-state index contributed by atoms with van der Waals surface area (Å²) in [7, 11) is 8.43. The number of aryl methyl sites for hydroxylation is 5. The first-order valence-corrected chi connectivity index (χ1v) is 29.1. The summed E-state index contributed by atoms with van der Waals surface area (Å²) in [5, 5.41) is 68.8. The second-order valence-corrected chi connectivity index (χ2v) is 18.1. The highest BCUT2D eigenvalue weighted by Gasteiger charge is 2.19. The van der Waals surface area contributed by atoms with Crippen LogP contribution in [0.25, 0.3) is 0 Å². The van der Waals surface area contributed by atoms with Crippen LogP contribution < -0.4 is 48.4 Å². The molecule has 1 aliphatic rings. The fourth-order valence-corrected chi connectivity index (χ4v) is 7.04. The Hall–Kier alpha value is -9.37. The molecule has 0 radical (unpaired) electrons. The first kappa shape index (κ1) is 87.8. The van der Waals surface area contributed by atoms with Crippen LogP contribution in [-0.2, 0) is 33.3 Å². The predicted octanol–water partition coefficient (Wildman–Crippen LogP) is 8.75. The van der Waals surface area contributed by atoms with Gasteiger partial charge < -0.3 is 92.9 Å². The molecule has 1 saturated heterocycles. The highest BCUT2D eigenvalue weighted by molar-refractivity contribution is 9.09. The number of carbonyl (C=O) groups is 3. The molecule has 7 N–H and O–H groups in total. The quantitative estimate of drug-likeness (QED) is 0.00888. The van der Waals surface area contributed by atoms with Crippen molar-refractivity contribution in [1.82, 2.24) is 0 Å². The fourth-order valence-electron chi connectivity index (χ4n) is 6.88. The molecule has 31 nitrogen and oxygen atoms in total. The number of esters is 3. The van der Waals surface area contributed by atoms with Gasteiger partial charge in [0, 0.05) is 55.3 Å². The van der Waals surface area contributed by atoms with Gasteiger partial charge in [0.25, 0.3) is 16.5 Å². The fraction of sp³-hybridized carbons (Fsp3) is 0.459. The van der Waals surface area contributed by atoms with Crippen molar-refractivity contribution in [3.05, 3.63) is 131 Å². The summed E-state index contributed by atoms with van der Waals surface area (Å²) in [6.45, 7) is 17.1. The van der Waals surface area contributed by atoms with Crippen LogP contribution in [0.5, 0.6) is 57.5 Å². The number of phenolic OH excluding ortho intramolecular Hbond substituents is 1. The molecular formula is C61H89BrN4O27. The number of nitro groups is 2. The molecule has 522 valence electrons. The molecular weight excluding hydrogens is 1300 g/mol. The number of alkyl halides is 1. The van der Waals surface area contributed by atoms with Gasteiger partial charge in [0.15, 0.2) is 70.7 Å². The van der Waals surface area contributed by atoms with E-state index in [1.165, 1.54) is 58.4 Å². The molecule has 0 aliphatic carbocycles. The van der Waals surface area contributed by atoms with Gasteiger partial charge in [0.2, 0.25) is 0 Å². The van der Waals surface area contributed by atoms with Crippen LogP contribution in [0.3, 0.4) is 0 Å². The van der Waals surface area contributed by atoms with E-state index in [4.69, 9.17) is 93.2 Å². The summed E-state index contributed by atoms with van der Waals surface area (Å²) in [6, 6.07) is 19.7. The third-order valence-electron chi connectivity index (χ3n) is 10.8. The van der Waals surface area contributed by atoms with Crippen molar-refractivity contribution in [2.75, 3.05) is 126 Å². The lowest BCUT2D eigenvalue weighted by atomic mass is 10.2. The standard InChI is InChI=1S/C12H15NO6.C12H16O4.C10H13NO5.C10H15NO3.C8H10O2.C4H7BrO2.C4H8O.CH4O.HNO3/c1-4-18-11(14)7-19-12-8(2)5-9(13(15)16)6-10(12)17-3;1-4-15-11(13)8-16-12-9(2)6-5-7-10(12)14-3;1-7-5-8(11(13)14)6-9(15-2)10(7)16-4-3-12;1-7-5-8(11)6-9(13-2)10(7)14-4-3-12;1-6-4-3-5-7(10-2)8(6)9;1-2-7-4(6)3-5;1-2-4-5-3-1;1-2;2-1(3)4/h5-6H,4,7H2,1-3H3;5-7H,4,8H2,1-3H3;5-6,12H,3-4H2,1-2H3;5-6,12H,3-4,11H2,1-2H3;3-5,9H,1-2H3;2-3H2,1H3;1-4H2;2H,1H3;(H,2,3,4). The van der Waals surface area contributed by atoms with E-state index in [0.29, 0.717) is 81.4 Å². The van der Waals surface area contributed by atoms with Crippen LogP contribution in [0.2, 0.25) is 0 Å². The predicted molar refractivity (Wildman–Crippen MR) is 345 cm³/mol. The van der Waals surface area contributed by atoms with E-state index < -0.39 is 20.9 Å². The number of methoxy groups -OCH3 is 5. The van der Waals surface area contributed by atoms with Crippen molar-refractivity contribution in [1.29, 1.82) is 0 Å². The largest absolute Gasteiger partial charge is 0.504 e. The average molecular weight is 1390 g/mol. The summed E-state index contributed by atoms with van der Waals surface area (Å²) in [6.07, 6.45) is 2.56. The summed E-state index contributed by atoms with van der Waals surface area (Å²) in [5.41, 5.74) is 9.89. The number of ether oxygens (including phenoxy) is 13. The summed E-state index contributed by atoms with van der Waals surface area (Å²) < 4.78 is 65.3. The number of phenols is 1. The number of non-ortho nitro benzene ring substituents is 2. The zero-order chi connectivity index (χ0) is 71.4. The van der Waals surface area contributed by atoms with Gasteiger partial charge in [0.05, 0.1) is 90.6 Å². The van der Waals surface area contributed by atoms with E-state index in [1.54, 1.807) is 73.1 Å². The van der Waals surface area contributed by atoms with Gasteiger partial charge in [-0.25, -0.2) is 9.59 Å². The van der Waals surface area contributed by atoms with Crippen molar-refractivity contribution < 1.29 is 117 Å². The SMILES string of the molecule is C1CCOC1.CCOC(=O)CBr.CCOC(=O)COc1c(C)cc([N+](=O)[O-])cc1OC.CCOC(=O)COc1c(C)cccc1OC.CO.COc1cc(N)cc(C)c1OCCO.COc1cc([N+](=O)[O-])cc(C)c1OCCO.COc1cccc(C)c1O.O=[N+]([O-])O. The number of nitrogen functional groups attached to an aromatic ring is 1. The minimum absolute atomic E-state index is 0.0209. The Morgan fingerprint density at radius 1 is 0.527 bits per heavy atom. The lowest BCUT2D eigenvalue weighted by Crippen LogP contribution is -2.15. The Morgan fingerprint density at radius 2 is 0.871 bits per heavy atom. The van der Waals surface area contributed by atoms with Crippen molar-refractivity contribution in [2.24, 2.45) is 0 Å². The number of aromatic hydroxyl groups is 1. The highest BCUT2D eigenvalue weighted by Crippen LogP contribution is 2.37. The Balaban J connectivity index is -0.00000103. The van der Waals surface area contributed by atoms with Crippen molar-refractivity contribution in [3.63, 3.8) is 0 Å². The van der Waals surface area contributed by atoms with Crippen LogP contribution in [-0.4, -0.2) is 179 Å². The molecule has 0 spiro atoms. The molecule has 0 unspecified atom stereocenters. The van der Waals surface area contributed by atoms with Gasteiger partial charge >= 0.3 is 17.9 Å². The molecule has 0 atom stereocenters. The zero-order valence-corrected chi connectivity index (χ0v) is 56.4. The van der Waals surface area contributed by atoms with E-state index in [1.807, 2.05) is 45.0 Å². The van der Waals surface area contributed by atoms with Crippen molar-refractivity contribution in [2.45, 2.75) is 68.2 Å². The molecule has 0 aromatic heterocycles. The number of para-hydroxylation sites is 2. The molecule has 5 aromatic rings. The van der Waals surface area contributed by atoms with E-state index >= 15 is 0 Å². The normalized spacial score (nSPS) is 10.1. The third-order valence-corrected chi connectivity index (χ3v) is 11.3. The number of halogens is 1. The highest BCUT2D eigenvalue weighted by atomic mass is 79.9. The van der Waals surface area contributed by atoms with E-state index in [-0.39, 0.29) is 81.1 Å². The molecule has 1 aliphatic heterocycles. The Labute approximate surface area is 548 Å². The Bertz CT molecular complexity index is 2960. The van der Waals surface area contributed by atoms with Crippen LogP contribution >= 0.6 is 15.9 Å². The molecule has 0 amide bonds. The first-order chi connectivity index (χ1) is 44.2. The minimum Gasteiger partial charge on any atom is -0.504 e. The number of rotatable bonds is 23. The van der Waals surface area contributed by atoms with Gasteiger partial charge in [-0.1, -0.05) is 40.2 Å². The van der Waals surface area contributed by atoms with Crippen LogP contribution in [0.4, 0.5) is 17.1 Å². The number of nitrogens with two attached hydrogens (primary N) is 1. The average Bonchev–Trinajstić information content (AvgIpc) is 2.40. The molecule has 32 heteroatoms. The molecule has 1 heterocycles. The van der Waals surface area contributed by atoms with Gasteiger partial charge in [0.1, 0.15) is 18.5 Å². The molecule has 5 aromatic carbocycles. The van der Waals surface area contributed by atoms with Gasteiger partial charge in [-0.3, -0.25) is 25.0 Å². The number of carbonyl (C=O) groups excluding carboxylic acids is 3. The van der Waals surface area contributed by atoms with E-state index in [9.17, 15) is 39.7 Å². The number of hydrogen-bond acceptors (Lipinski definition) is 27. The number of benzene rings is 5. The molecule has 0 bridgehead atoms. The van der Waals surface area contributed by atoms with Crippen LogP contribution in [0, 0.1) is 65.0 Å². The second-order valence-electron chi connectivity index (χ2n) is 17.5. The van der Waals surface area contributed by atoms with E-state index in [2.05, 4.69) is 20.7 Å². The topological polar surface area (TPSA) is 428 Å². The Kier molecular flexibility index (Phi) is 50.3. The summed E-state index contributed by atoms with van der Waals surface area (Å²) >= 11 is 2.94. The lowest BCUT2D eigenvalue weighted by Gasteiger charge is -2.13. The lowest BCUT2D eigenvalue weighted by molar-refractivity contribution is -0.742. The Morgan fingerprint density at radius 3 is 1.19 bits per heavy atom. The first-order valence-electron chi connectivity index (χ1n) is 27.9. The maximum atomic E-state index is 11.2. The molecule has 1 fully saturated rings. The zero-order valence-electron chi connectivity index (χ0n) is 54.8. The smallest absolute Gasteiger partial charge is 0.344 e. The number of nitrogens with zero attached hydrogens (tertiary/aromatic N) is 3. The molecule has 6 rings (SSSR count). The minimum atomic E-state index is -1.50. The summed E-state index contributed by atoms with van der Waals surface area (Å²) in [4.78, 5) is 61.2. The van der Waals surface area contributed by atoms with Crippen LogP contribution in [0.1, 0.15) is 61.4 Å². The number of nitro benzene ring substituents is 2. The summed E-state index contributed by atoms with van der Waals surface area (Å²) in [5.74, 6) is 3.29. The van der Waals surface area contributed by atoms with Crippen LogP contribution in [0.15, 0.2) is 72.8 Å². The maximum absolute atomic E-state index is 11.2. The van der Waals surface area contributed by atoms with Crippen molar-refractivity contribution in [3.8, 4) is 57.5 Å². The number of aliphatic hydroxyl groups excluding tert-OH is 3. The van der Waals surface area contributed by atoms with Gasteiger partial charge in [-0.15, -0.1) is 10.1 Å². The second kappa shape index (κ2) is 53.3. The monoisotopic (exact) mass is 1390 g/mol. The number of aliphatic hydroxyl groups is 3. The molecule has 0 saturated carbocycles. The van der Waals surface area contributed by atoms with Crippen molar-refractivity contribution >= 4 is 50.9 Å². The maximum Gasteiger partial charge on any atom is 0.344 e.